The Labute approximate surface area is 74.4 Å². The van der Waals surface area contributed by atoms with E-state index < -0.39 is 0 Å². The lowest BCUT2D eigenvalue weighted by Crippen LogP contribution is -2.48. The molecule has 2 heteroatoms. The van der Waals surface area contributed by atoms with Crippen molar-refractivity contribution in [3.05, 3.63) is 0 Å². The van der Waals surface area contributed by atoms with Crippen LogP contribution in [0.1, 0.15) is 39.0 Å². The Hall–Kier alpha value is -0.0800. The lowest BCUT2D eigenvalue weighted by Gasteiger charge is -2.41. The van der Waals surface area contributed by atoms with Crippen molar-refractivity contribution >= 4 is 0 Å². The second-order valence-corrected chi connectivity index (χ2v) is 4.90. The zero-order valence-electron chi connectivity index (χ0n) is 8.06. The summed E-state index contributed by atoms with van der Waals surface area (Å²) in [6.07, 6.45) is 5.73. The number of rotatable bonds is 1. The molecule has 0 unspecified atom stereocenters. The van der Waals surface area contributed by atoms with Gasteiger partial charge in [0.15, 0.2) is 0 Å². The minimum Gasteiger partial charge on any atom is -0.393 e. The molecule has 0 amide bonds. The van der Waals surface area contributed by atoms with E-state index in [0.29, 0.717) is 5.41 Å². The third-order valence-electron chi connectivity index (χ3n) is 3.91. The minimum absolute atomic E-state index is 0.0149. The molecule has 12 heavy (non-hydrogen) atoms. The lowest BCUT2D eigenvalue weighted by molar-refractivity contribution is 0.0193. The summed E-state index contributed by atoms with van der Waals surface area (Å²) in [7, 11) is 2.04. The monoisotopic (exact) mass is 169 g/mol. The van der Waals surface area contributed by atoms with Crippen molar-refractivity contribution < 1.29 is 5.11 Å². The predicted molar refractivity (Wildman–Crippen MR) is 49.0 cm³/mol. The minimum atomic E-state index is -0.0149. The van der Waals surface area contributed by atoms with Gasteiger partial charge in [0.05, 0.1) is 6.10 Å². The number of nitrogens with one attached hydrogen (secondary N) is 1. The molecular weight excluding hydrogens is 150 g/mol. The number of hydrogen-bond acceptors (Lipinski definition) is 2. The normalized spacial score (nSPS) is 44.8. The zero-order chi connectivity index (χ0) is 8.82. The Balaban J connectivity index is 2.08. The molecule has 2 saturated carbocycles. The van der Waals surface area contributed by atoms with Gasteiger partial charge >= 0.3 is 0 Å². The second kappa shape index (κ2) is 2.46. The Bertz CT molecular complexity index is 188. The molecule has 70 valence electrons. The molecule has 1 spiro atoms. The van der Waals surface area contributed by atoms with Crippen LogP contribution in [0.15, 0.2) is 0 Å². The average molecular weight is 169 g/mol. The van der Waals surface area contributed by atoms with E-state index in [1.807, 2.05) is 7.05 Å². The van der Waals surface area contributed by atoms with Crippen molar-refractivity contribution in [2.75, 3.05) is 7.05 Å². The number of aliphatic hydroxyl groups is 1. The highest BCUT2D eigenvalue weighted by Crippen LogP contribution is 2.58. The highest BCUT2D eigenvalue weighted by atomic mass is 16.3. The summed E-state index contributed by atoms with van der Waals surface area (Å²) in [5.74, 6) is 0. The van der Waals surface area contributed by atoms with Crippen LogP contribution < -0.4 is 5.32 Å². The summed E-state index contributed by atoms with van der Waals surface area (Å²) in [6.45, 7) is 2.28. The maximum Gasteiger partial charge on any atom is 0.0597 e. The van der Waals surface area contributed by atoms with E-state index in [4.69, 9.17) is 0 Å². The molecule has 0 heterocycles. The Morgan fingerprint density at radius 1 is 1.33 bits per heavy atom. The van der Waals surface area contributed by atoms with E-state index in [-0.39, 0.29) is 11.6 Å². The van der Waals surface area contributed by atoms with E-state index >= 15 is 0 Å². The van der Waals surface area contributed by atoms with Gasteiger partial charge in [0.2, 0.25) is 0 Å². The molecule has 0 saturated heterocycles. The van der Waals surface area contributed by atoms with Gasteiger partial charge in [-0.1, -0.05) is 0 Å². The SMILES string of the molecule is CN[C@@]1(C)CC[C@@H](O)C2(CC2)C1. The summed E-state index contributed by atoms with van der Waals surface area (Å²) < 4.78 is 0. The molecule has 2 atom stereocenters. The van der Waals surface area contributed by atoms with Crippen molar-refractivity contribution in [3.8, 4) is 0 Å². The van der Waals surface area contributed by atoms with Crippen molar-refractivity contribution in [1.29, 1.82) is 0 Å². The highest BCUT2D eigenvalue weighted by Gasteiger charge is 2.54. The maximum absolute atomic E-state index is 9.80. The van der Waals surface area contributed by atoms with E-state index in [1.54, 1.807) is 0 Å². The van der Waals surface area contributed by atoms with Crippen LogP contribution in [-0.4, -0.2) is 23.8 Å². The average Bonchev–Trinajstić information content (AvgIpc) is 2.80. The van der Waals surface area contributed by atoms with Gasteiger partial charge in [-0.2, -0.15) is 0 Å². The van der Waals surface area contributed by atoms with Crippen molar-refractivity contribution in [3.63, 3.8) is 0 Å². The Kier molecular flexibility index (Phi) is 1.74. The highest BCUT2D eigenvalue weighted by molar-refractivity contribution is 5.08. The number of hydrogen-bond donors (Lipinski definition) is 2. The van der Waals surface area contributed by atoms with Gasteiger partial charge in [0.25, 0.3) is 0 Å². The molecule has 2 aliphatic rings. The predicted octanol–water partition coefficient (Wildman–Crippen LogP) is 1.29. The molecule has 0 aromatic carbocycles. The van der Waals surface area contributed by atoms with Gasteiger partial charge in [0.1, 0.15) is 0 Å². The maximum atomic E-state index is 9.80. The first-order chi connectivity index (χ1) is 5.60. The molecular formula is C10H19NO. The smallest absolute Gasteiger partial charge is 0.0597 e. The Morgan fingerprint density at radius 2 is 2.00 bits per heavy atom. The molecule has 2 nitrogen and oxygen atoms in total. The van der Waals surface area contributed by atoms with Crippen molar-refractivity contribution in [2.24, 2.45) is 5.41 Å². The molecule has 0 bridgehead atoms. The van der Waals surface area contributed by atoms with Crippen LogP contribution in [0.4, 0.5) is 0 Å². The Morgan fingerprint density at radius 3 is 2.50 bits per heavy atom. The fourth-order valence-corrected chi connectivity index (χ4v) is 2.63. The zero-order valence-corrected chi connectivity index (χ0v) is 8.06. The fourth-order valence-electron chi connectivity index (χ4n) is 2.63. The van der Waals surface area contributed by atoms with Crippen LogP contribution in [0.2, 0.25) is 0 Å². The first kappa shape index (κ1) is 8.52. The molecule has 0 aliphatic heterocycles. The summed E-state index contributed by atoms with van der Waals surface area (Å²) in [5.41, 5.74) is 0.603. The third kappa shape index (κ3) is 1.17. The van der Waals surface area contributed by atoms with Crippen LogP contribution in [-0.2, 0) is 0 Å². The van der Waals surface area contributed by atoms with Gasteiger partial charge in [-0.3, -0.25) is 0 Å². The topological polar surface area (TPSA) is 32.3 Å². The quantitative estimate of drug-likeness (QED) is 0.620. The fraction of sp³-hybridized carbons (Fsp3) is 1.00. The summed E-state index contributed by atoms with van der Waals surface area (Å²) >= 11 is 0. The summed E-state index contributed by atoms with van der Waals surface area (Å²) in [4.78, 5) is 0. The molecule has 2 fully saturated rings. The first-order valence-corrected chi connectivity index (χ1v) is 4.97. The van der Waals surface area contributed by atoms with Crippen molar-refractivity contribution in [2.45, 2.75) is 50.7 Å². The van der Waals surface area contributed by atoms with Gasteiger partial charge in [-0.15, -0.1) is 0 Å². The van der Waals surface area contributed by atoms with Gasteiger partial charge in [-0.05, 0) is 51.5 Å². The van der Waals surface area contributed by atoms with Crippen LogP contribution in [0, 0.1) is 5.41 Å². The molecule has 2 N–H and O–H groups in total. The molecule has 2 aliphatic carbocycles. The van der Waals surface area contributed by atoms with Gasteiger partial charge < -0.3 is 10.4 Å². The summed E-state index contributed by atoms with van der Waals surface area (Å²) in [5, 5.41) is 13.2. The van der Waals surface area contributed by atoms with Crippen LogP contribution >= 0.6 is 0 Å². The summed E-state index contributed by atoms with van der Waals surface area (Å²) in [6, 6.07) is 0. The second-order valence-electron chi connectivity index (χ2n) is 4.90. The first-order valence-electron chi connectivity index (χ1n) is 4.97. The van der Waals surface area contributed by atoms with Crippen LogP contribution in [0.3, 0.4) is 0 Å². The van der Waals surface area contributed by atoms with Gasteiger partial charge in [0, 0.05) is 5.54 Å². The van der Waals surface area contributed by atoms with Crippen LogP contribution in [0.5, 0.6) is 0 Å². The largest absolute Gasteiger partial charge is 0.393 e. The third-order valence-corrected chi connectivity index (χ3v) is 3.91. The lowest BCUT2D eigenvalue weighted by atomic mass is 9.73. The molecule has 0 aromatic rings. The standard InChI is InChI=1S/C10H19NO/c1-9(11-2)4-3-8(12)10(7-9)5-6-10/h8,11-12H,3-7H2,1-2H3/t8-,9+/m1/s1. The van der Waals surface area contributed by atoms with E-state index in [2.05, 4.69) is 12.2 Å². The molecule has 0 aromatic heterocycles. The van der Waals surface area contributed by atoms with Gasteiger partial charge in [-0.25, -0.2) is 0 Å². The molecule has 0 radical (unpaired) electrons. The molecule has 2 rings (SSSR count). The number of aliphatic hydroxyl groups excluding tert-OH is 1. The van der Waals surface area contributed by atoms with E-state index in [1.165, 1.54) is 12.8 Å². The van der Waals surface area contributed by atoms with Crippen LogP contribution in [0.25, 0.3) is 0 Å². The van der Waals surface area contributed by atoms with E-state index in [9.17, 15) is 5.11 Å². The van der Waals surface area contributed by atoms with E-state index in [0.717, 1.165) is 19.3 Å². The van der Waals surface area contributed by atoms with Crippen molar-refractivity contribution in [1.82, 2.24) is 5.32 Å².